The molecule has 2 aromatic carbocycles. The maximum Gasteiger partial charge on any atom is 0.257 e. The van der Waals surface area contributed by atoms with Crippen LogP contribution in [0.3, 0.4) is 0 Å². The van der Waals surface area contributed by atoms with E-state index >= 15 is 0 Å². The van der Waals surface area contributed by atoms with Crippen molar-refractivity contribution in [1.82, 2.24) is 9.21 Å². The fourth-order valence-corrected chi connectivity index (χ4v) is 4.77. The van der Waals surface area contributed by atoms with Gasteiger partial charge in [-0.15, -0.1) is 0 Å². The third kappa shape index (κ3) is 4.66. The summed E-state index contributed by atoms with van der Waals surface area (Å²) in [5.74, 6) is 0.823. The molecule has 1 aliphatic heterocycles. The van der Waals surface area contributed by atoms with Gasteiger partial charge in [0.1, 0.15) is 11.5 Å². The van der Waals surface area contributed by atoms with E-state index in [1.165, 1.54) is 23.5 Å². The Morgan fingerprint density at radius 1 is 1.07 bits per heavy atom. The molecular weight excluding hydrogens is 416 g/mol. The fraction of sp³-hybridized carbons (Fsp3) is 0.350. The van der Waals surface area contributed by atoms with E-state index < -0.39 is 10.0 Å². The first kappa shape index (κ1) is 21.4. The molecule has 3 rings (SSSR count). The molecule has 0 aromatic heterocycles. The van der Waals surface area contributed by atoms with Crippen LogP contribution in [0.2, 0.25) is 5.02 Å². The molecule has 1 saturated heterocycles. The molecule has 1 aliphatic rings. The Morgan fingerprint density at radius 2 is 1.72 bits per heavy atom. The molecule has 0 N–H and O–H groups in total. The first-order valence-corrected chi connectivity index (χ1v) is 11.0. The van der Waals surface area contributed by atoms with Gasteiger partial charge < -0.3 is 14.4 Å². The zero-order valence-electron chi connectivity index (χ0n) is 16.3. The van der Waals surface area contributed by atoms with Gasteiger partial charge in [0.25, 0.3) is 5.91 Å². The number of hydrogen-bond donors (Lipinski definition) is 0. The third-order valence-corrected chi connectivity index (χ3v) is 6.84. The van der Waals surface area contributed by atoms with Gasteiger partial charge in [0.05, 0.1) is 24.2 Å². The van der Waals surface area contributed by atoms with Crippen LogP contribution in [0.15, 0.2) is 47.4 Å². The van der Waals surface area contributed by atoms with Crippen LogP contribution in [0, 0.1) is 0 Å². The van der Waals surface area contributed by atoms with Crippen molar-refractivity contribution in [3.8, 4) is 11.5 Å². The molecular formula is C20H23ClN2O5S. The van der Waals surface area contributed by atoms with Crippen molar-refractivity contribution in [3.63, 3.8) is 0 Å². The SMILES string of the molecule is CCOc1ccc(S(=O)(=O)N2CCN(C(=O)c3cc(Cl)ccc3OC)CC2)cc1. The minimum atomic E-state index is -3.63. The summed E-state index contributed by atoms with van der Waals surface area (Å²) >= 11 is 6.02. The highest BCUT2D eigenvalue weighted by atomic mass is 35.5. The summed E-state index contributed by atoms with van der Waals surface area (Å²) in [5, 5.41) is 0.436. The molecule has 0 spiro atoms. The van der Waals surface area contributed by atoms with Crippen LogP contribution in [0.5, 0.6) is 11.5 Å². The van der Waals surface area contributed by atoms with E-state index in [0.29, 0.717) is 28.7 Å². The Bertz CT molecular complexity index is 971. The average Bonchev–Trinajstić information content (AvgIpc) is 2.74. The normalized spacial score (nSPS) is 15.2. The first-order valence-electron chi connectivity index (χ1n) is 9.22. The van der Waals surface area contributed by atoms with Crippen molar-refractivity contribution >= 4 is 27.5 Å². The van der Waals surface area contributed by atoms with E-state index in [4.69, 9.17) is 21.1 Å². The molecule has 0 aliphatic carbocycles. The smallest absolute Gasteiger partial charge is 0.257 e. The number of carbonyl (C=O) groups excluding carboxylic acids is 1. The predicted octanol–water partition coefficient (Wildman–Crippen LogP) is 2.89. The highest BCUT2D eigenvalue weighted by molar-refractivity contribution is 7.89. The van der Waals surface area contributed by atoms with Gasteiger partial charge in [-0.1, -0.05) is 11.6 Å². The lowest BCUT2D eigenvalue weighted by atomic mass is 10.1. The molecule has 0 radical (unpaired) electrons. The van der Waals surface area contributed by atoms with Crippen LogP contribution in [-0.4, -0.2) is 63.4 Å². The lowest BCUT2D eigenvalue weighted by Crippen LogP contribution is -2.50. The van der Waals surface area contributed by atoms with Gasteiger partial charge in [-0.25, -0.2) is 8.42 Å². The topological polar surface area (TPSA) is 76.2 Å². The zero-order valence-corrected chi connectivity index (χ0v) is 17.9. The van der Waals surface area contributed by atoms with Crippen molar-refractivity contribution in [2.45, 2.75) is 11.8 Å². The van der Waals surface area contributed by atoms with E-state index in [1.807, 2.05) is 6.92 Å². The number of nitrogens with zero attached hydrogens (tertiary/aromatic N) is 2. The summed E-state index contributed by atoms with van der Waals surface area (Å²) in [6.45, 7) is 3.37. The lowest BCUT2D eigenvalue weighted by Gasteiger charge is -2.34. The molecule has 9 heteroatoms. The summed E-state index contributed by atoms with van der Waals surface area (Å²) < 4.78 is 37.8. The number of carbonyl (C=O) groups is 1. The van der Waals surface area contributed by atoms with Gasteiger partial charge >= 0.3 is 0 Å². The Kier molecular flexibility index (Phi) is 6.66. The third-order valence-electron chi connectivity index (χ3n) is 4.69. The summed E-state index contributed by atoms with van der Waals surface area (Å²) in [4.78, 5) is 14.7. The molecule has 29 heavy (non-hydrogen) atoms. The van der Waals surface area contributed by atoms with E-state index in [-0.39, 0.29) is 37.0 Å². The van der Waals surface area contributed by atoms with Gasteiger partial charge in [0.2, 0.25) is 10.0 Å². The standard InChI is InChI=1S/C20H23ClN2O5S/c1-3-28-16-5-7-17(8-6-16)29(25,26)23-12-10-22(11-13-23)20(24)18-14-15(21)4-9-19(18)27-2/h4-9,14H,3,10-13H2,1-2H3. The van der Waals surface area contributed by atoms with Gasteiger partial charge in [-0.2, -0.15) is 4.31 Å². The predicted molar refractivity (Wildman–Crippen MR) is 110 cm³/mol. The molecule has 7 nitrogen and oxygen atoms in total. The summed E-state index contributed by atoms with van der Waals surface area (Å²) in [6, 6.07) is 11.2. The van der Waals surface area contributed by atoms with Crippen molar-refractivity contribution in [2.24, 2.45) is 0 Å². The quantitative estimate of drug-likeness (QED) is 0.693. The molecule has 0 saturated carbocycles. The zero-order chi connectivity index (χ0) is 21.0. The number of halogens is 1. The van der Waals surface area contributed by atoms with Crippen molar-refractivity contribution < 1.29 is 22.7 Å². The van der Waals surface area contributed by atoms with Crippen LogP contribution in [0.1, 0.15) is 17.3 Å². The van der Waals surface area contributed by atoms with Crippen LogP contribution in [0.25, 0.3) is 0 Å². The largest absolute Gasteiger partial charge is 0.496 e. The maximum atomic E-state index is 12.9. The van der Waals surface area contributed by atoms with Crippen LogP contribution < -0.4 is 9.47 Å². The second-order valence-electron chi connectivity index (χ2n) is 6.45. The average molecular weight is 439 g/mol. The van der Waals surface area contributed by atoms with E-state index in [1.54, 1.807) is 35.2 Å². The summed E-state index contributed by atoms with van der Waals surface area (Å²) in [5.41, 5.74) is 0.364. The molecule has 0 unspecified atom stereocenters. The van der Waals surface area contributed by atoms with Crippen LogP contribution in [0.4, 0.5) is 0 Å². The molecule has 0 atom stereocenters. The number of ether oxygens (including phenoxy) is 2. The van der Waals surface area contributed by atoms with Crippen molar-refractivity contribution in [1.29, 1.82) is 0 Å². The Morgan fingerprint density at radius 3 is 2.31 bits per heavy atom. The van der Waals surface area contributed by atoms with Gasteiger partial charge in [0.15, 0.2) is 0 Å². The van der Waals surface area contributed by atoms with Gasteiger partial charge in [-0.3, -0.25) is 4.79 Å². The summed E-state index contributed by atoms with van der Waals surface area (Å²) in [7, 11) is -2.15. The van der Waals surface area contributed by atoms with Crippen LogP contribution in [-0.2, 0) is 10.0 Å². The number of piperazine rings is 1. The maximum absolute atomic E-state index is 12.9. The Hall–Kier alpha value is -2.29. The monoisotopic (exact) mass is 438 g/mol. The molecule has 1 fully saturated rings. The fourth-order valence-electron chi connectivity index (χ4n) is 3.17. The highest BCUT2D eigenvalue weighted by Crippen LogP contribution is 2.26. The molecule has 2 aromatic rings. The Labute approximate surface area is 175 Å². The second kappa shape index (κ2) is 9.02. The first-order chi connectivity index (χ1) is 13.9. The van der Waals surface area contributed by atoms with E-state index in [0.717, 1.165) is 0 Å². The molecule has 156 valence electrons. The van der Waals surface area contributed by atoms with Gasteiger partial charge in [-0.05, 0) is 49.4 Å². The van der Waals surface area contributed by atoms with Crippen LogP contribution >= 0.6 is 11.6 Å². The Balaban J connectivity index is 1.69. The summed E-state index contributed by atoms with van der Waals surface area (Å²) in [6.07, 6.45) is 0. The molecule has 1 heterocycles. The lowest BCUT2D eigenvalue weighted by molar-refractivity contribution is 0.0694. The number of amides is 1. The minimum absolute atomic E-state index is 0.206. The van der Waals surface area contributed by atoms with Gasteiger partial charge in [0, 0.05) is 31.2 Å². The van der Waals surface area contributed by atoms with E-state index in [2.05, 4.69) is 0 Å². The number of sulfonamides is 1. The molecule has 0 bridgehead atoms. The number of rotatable bonds is 6. The van der Waals surface area contributed by atoms with E-state index in [9.17, 15) is 13.2 Å². The number of benzene rings is 2. The number of methoxy groups -OCH3 is 1. The van der Waals surface area contributed by atoms with Crippen molar-refractivity contribution in [3.05, 3.63) is 53.1 Å². The highest BCUT2D eigenvalue weighted by Gasteiger charge is 2.31. The minimum Gasteiger partial charge on any atom is -0.496 e. The number of hydrogen-bond acceptors (Lipinski definition) is 5. The second-order valence-corrected chi connectivity index (χ2v) is 8.82. The van der Waals surface area contributed by atoms with Crippen molar-refractivity contribution in [2.75, 3.05) is 39.9 Å². The molecule has 1 amide bonds.